The van der Waals surface area contributed by atoms with Gasteiger partial charge in [-0.05, 0) is 50.5 Å². The second-order valence-corrected chi connectivity index (χ2v) is 5.54. The lowest BCUT2D eigenvalue weighted by Gasteiger charge is -2.18. The van der Waals surface area contributed by atoms with E-state index in [1.165, 1.54) is 0 Å². The van der Waals surface area contributed by atoms with Gasteiger partial charge in [0.15, 0.2) is 0 Å². The Morgan fingerprint density at radius 3 is 2.14 bits per heavy atom. The van der Waals surface area contributed by atoms with E-state index in [0.29, 0.717) is 31.0 Å². The molecule has 116 valence electrons. The normalized spacial score (nSPS) is 10.5. The predicted octanol–water partition coefficient (Wildman–Crippen LogP) is 3.54. The lowest BCUT2D eigenvalue weighted by atomic mass is 10.1. The highest BCUT2D eigenvalue weighted by atomic mass is 16.2. The minimum atomic E-state index is 0.0199. The number of carbonyl (C=O) groups is 2. The maximum Gasteiger partial charge on any atom is 0.253 e. The molecule has 0 aliphatic rings. The molecule has 0 atom stereocenters. The predicted molar refractivity (Wildman–Crippen MR) is 86.4 cm³/mol. The van der Waals surface area contributed by atoms with Crippen LogP contribution in [0.3, 0.4) is 0 Å². The molecule has 0 aliphatic carbocycles. The van der Waals surface area contributed by atoms with Crippen LogP contribution in [0, 0.1) is 5.92 Å². The van der Waals surface area contributed by atoms with Crippen molar-refractivity contribution in [2.75, 3.05) is 18.4 Å². The zero-order valence-corrected chi connectivity index (χ0v) is 13.5. The number of hydrogen-bond acceptors (Lipinski definition) is 2. The first-order valence-corrected chi connectivity index (χ1v) is 7.67. The summed E-state index contributed by atoms with van der Waals surface area (Å²) in [5, 5.41) is 2.86. The van der Waals surface area contributed by atoms with Gasteiger partial charge in [-0.2, -0.15) is 0 Å². The third-order valence-corrected chi connectivity index (χ3v) is 3.42. The van der Waals surface area contributed by atoms with Crippen molar-refractivity contribution in [2.24, 2.45) is 5.92 Å². The monoisotopic (exact) mass is 290 g/mol. The van der Waals surface area contributed by atoms with E-state index in [0.717, 1.165) is 12.1 Å². The minimum Gasteiger partial charge on any atom is -0.339 e. The summed E-state index contributed by atoms with van der Waals surface area (Å²) in [5.41, 5.74) is 1.39. The summed E-state index contributed by atoms with van der Waals surface area (Å²) in [7, 11) is 0. The van der Waals surface area contributed by atoms with Crippen LogP contribution >= 0.6 is 0 Å². The smallest absolute Gasteiger partial charge is 0.253 e. The van der Waals surface area contributed by atoms with E-state index in [-0.39, 0.29) is 11.8 Å². The zero-order chi connectivity index (χ0) is 15.8. The van der Waals surface area contributed by atoms with Crippen molar-refractivity contribution in [1.82, 2.24) is 4.90 Å². The molecule has 1 aromatic rings. The first-order chi connectivity index (χ1) is 9.97. The van der Waals surface area contributed by atoms with Gasteiger partial charge in [0.1, 0.15) is 0 Å². The zero-order valence-electron chi connectivity index (χ0n) is 13.5. The van der Waals surface area contributed by atoms with Crippen molar-refractivity contribution >= 4 is 17.5 Å². The summed E-state index contributed by atoms with van der Waals surface area (Å²) >= 11 is 0. The number of rotatable bonds is 7. The quantitative estimate of drug-likeness (QED) is 0.835. The minimum absolute atomic E-state index is 0.0199. The van der Waals surface area contributed by atoms with Crippen LogP contribution in [0.1, 0.15) is 50.9 Å². The van der Waals surface area contributed by atoms with Crippen LogP contribution < -0.4 is 5.32 Å². The molecule has 4 heteroatoms. The molecule has 0 saturated heterocycles. The molecular formula is C17H26N2O2. The molecule has 2 amide bonds. The molecule has 0 heterocycles. The summed E-state index contributed by atoms with van der Waals surface area (Å²) in [4.78, 5) is 25.7. The summed E-state index contributed by atoms with van der Waals surface area (Å²) in [6.07, 6.45) is 1.40. The molecule has 0 aromatic heterocycles. The lowest BCUT2D eigenvalue weighted by Crippen LogP contribution is -2.30. The van der Waals surface area contributed by atoms with Crippen molar-refractivity contribution < 1.29 is 9.59 Å². The van der Waals surface area contributed by atoms with E-state index in [4.69, 9.17) is 0 Å². The molecule has 4 nitrogen and oxygen atoms in total. The van der Waals surface area contributed by atoms with Gasteiger partial charge in [0.05, 0.1) is 0 Å². The second kappa shape index (κ2) is 8.45. The Morgan fingerprint density at radius 1 is 1.10 bits per heavy atom. The third-order valence-electron chi connectivity index (χ3n) is 3.42. The van der Waals surface area contributed by atoms with Crippen LogP contribution in [0.5, 0.6) is 0 Å². The van der Waals surface area contributed by atoms with Gasteiger partial charge in [-0.1, -0.05) is 13.8 Å². The van der Waals surface area contributed by atoms with Crippen molar-refractivity contribution in [3.05, 3.63) is 29.8 Å². The number of nitrogens with zero attached hydrogens (tertiary/aromatic N) is 1. The van der Waals surface area contributed by atoms with E-state index in [9.17, 15) is 9.59 Å². The fourth-order valence-electron chi connectivity index (χ4n) is 2.03. The summed E-state index contributed by atoms with van der Waals surface area (Å²) in [5.74, 6) is 0.564. The van der Waals surface area contributed by atoms with Crippen LogP contribution in [-0.2, 0) is 4.79 Å². The van der Waals surface area contributed by atoms with Crippen LogP contribution in [-0.4, -0.2) is 29.8 Å². The summed E-state index contributed by atoms with van der Waals surface area (Å²) < 4.78 is 0. The van der Waals surface area contributed by atoms with E-state index < -0.39 is 0 Å². The van der Waals surface area contributed by atoms with Crippen LogP contribution in [0.4, 0.5) is 5.69 Å². The summed E-state index contributed by atoms with van der Waals surface area (Å²) in [6, 6.07) is 7.09. The highest BCUT2D eigenvalue weighted by molar-refractivity contribution is 5.95. The number of benzene rings is 1. The number of anilines is 1. The van der Waals surface area contributed by atoms with Gasteiger partial charge in [-0.15, -0.1) is 0 Å². The van der Waals surface area contributed by atoms with Gasteiger partial charge in [0.2, 0.25) is 5.91 Å². The highest BCUT2D eigenvalue weighted by Crippen LogP contribution is 2.13. The van der Waals surface area contributed by atoms with E-state index >= 15 is 0 Å². The average molecular weight is 290 g/mol. The standard InChI is InChI=1S/C17H26N2O2/c1-5-19(6-2)17(21)14-8-10-15(11-9-14)18-16(20)12-7-13(3)4/h8-11,13H,5-7,12H2,1-4H3,(H,18,20). The number of hydrogen-bond donors (Lipinski definition) is 1. The van der Waals surface area contributed by atoms with Gasteiger partial charge in [-0.25, -0.2) is 0 Å². The number of nitrogens with one attached hydrogen (secondary N) is 1. The summed E-state index contributed by atoms with van der Waals surface area (Å²) in [6.45, 7) is 9.52. The van der Waals surface area contributed by atoms with Crippen molar-refractivity contribution in [1.29, 1.82) is 0 Å². The molecule has 0 saturated carbocycles. The molecule has 1 rings (SSSR count). The highest BCUT2D eigenvalue weighted by Gasteiger charge is 2.12. The Labute approximate surface area is 127 Å². The van der Waals surface area contributed by atoms with Crippen LogP contribution in [0.25, 0.3) is 0 Å². The first-order valence-electron chi connectivity index (χ1n) is 7.67. The maximum absolute atomic E-state index is 12.2. The van der Waals surface area contributed by atoms with Crippen molar-refractivity contribution in [3.63, 3.8) is 0 Å². The number of amides is 2. The topological polar surface area (TPSA) is 49.4 Å². The molecule has 0 spiro atoms. The second-order valence-electron chi connectivity index (χ2n) is 5.54. The first kappa shape index (κ1) is 17.2. The Hall–Kier alpha value is -1.84. The van der Waals surface area contributed by atoms with Gasteiger partial charge in [0.25, 0.3) is 5.91 Å². The molecule has 0 unspecified atom stereocenters. The molecule has 0 fully saturated rings. The van der Waals surface area contributed by atoms with Crippen molar-refractivity contribution in [3.8, 4) is 0 Å². The van der Waals surface area contributed by atoms with E-state index in [2.05, 4.69) is 19.2 Å². The van der Waals surface area contributed by atoms with E-state index in [1.54, 1.807) is 29.2 Å². The van der Waals surface area contributed by atoms with Gasteiger partial charge >= 0.3 is 0 Å². The Bertz CT molecular complexity index is 462. The number of carbonyl (C=O) groups excluding carboxylic acids is 2. The van der Waals surface area contributed by atoms with Crippen molar-refractivity contribution in [2.45, 2.75) is 40.5 Å². The molecule has 0 aliphatic heterocycles. The van der Waals surface area contributed by atoms with Gasteiger partial charge in [0, 0.05) is 30.8 Å². The van der Waals surface area contributed by atoms with Crippen LogP contribution in [0.2, 0.25) is 0 Å². The molecule has 21 heavy (non-hydrogen) atoms. The Kier molecular flexibility index (Phi) is 6.92. The molecule has 0 bridgehead atoms. The molecule has 1 N–H and O–H groups in total. The molecular weight excluding hydrogens is 264 g/mol. The SMILES string of the molecule is CCN(CC)C(=O)c1ccc(NC(=O)CCC(C)C)cc1. The molecule has 1 aromatic carbocycles. The van der Waals surface area contributed by atoms with Gasteiger partial charge < -0.3 is 10.2 Å². The fourth-order valence-corrected chi connectivity index (χ4v) is 2.03. The Balaban J connectivity index is 2.61. The van der Waals surface area contributed by atoms with E-state index in [1.807, 2.05) is 13.8 Å². The lowest BCUT2D eigenvalue weighted by molar-refractivity contribution is -0.116. The maximum atomic E-state index is 12.2. The van der Waals surface area contributed by atoms with Crippen LogP contribution in [0.15, 0.2) is 24.3 Å². The average Bonchev–Trinajstić information content (AvgIpc) is 2.47. The molecule has 0 radical (unpaired) electrons. The Morgan fingerprint density at radius 2 is 1.67 bits per heavy atom. The van der Waals surface area contributed by atoms with Gasteiger partial charge in [-0.3, -0.25) is 9.59 Å². The fraction of sp³-hybridized carbons (Fsp3) is 0.529. The third kappa shape index (κ3) is 5.58. The largest absolute Gasteiger partial charge is 0.339 e.